The number of pyridine rings is 1. The van der Waals surface area contributed by atoms with E-state index in [4.69, 9.17) is 4.74 Å². The molecule has 0 atom stereocenters. The zero-order valence-corrected chi connectivity index (χ0v) is 14.0. The predicted molar refractivity (Wildman–Crippen MR) is 88.7 cm³/mol. The van der Waals surface area contributed by atoms with E-state index < -0.39 is 23.3 Å². The zero-order valence-electron chi connectivity index (χ0n) is 14.0. The monoisotopic (exact) mass is 330 g/mol. The molecule has 0 saturated carbocycles. The Bertz CT molecular complexity index is 782. The molecular weight excluding hydrogens is 311 g/mol. The highest BCUT2D eigenvalue weighted by Crippen LogP contribution is 2.23. The molecule has 0 spiro atoms. The van der Waals surface area contributed by atoms with Crippen LogP contribution in [-0.2, 0) is 4.74 Å². The number of aryl methyl sites for hydroxylation is 1. The first-order valence-electron chi connectivity index (χ1n) is 7.44. The summed E-state index contributed by atoms with van der Waals surface area (Å²) in [5, 5.41) is 2.46. The first kappa shape index (κ1) is 17.6. The molecule has 24 heavy (non-hydrogen) atoms. The molecule has 5 nitrogen and oxygen atoms in total. The van der Waals surface area contributed by atoms with Crippen LogP contribution in [0.15, 0.2) is 36.5 Å². The van der Waals surface area contributed by atoms with Crippen LogP contribution < -0.4 is 5.32 Å². The van der Waals surface area contributed by atoms with Crippen molar-refractivity contribution < 1.29 is 18.7 Å². The smallest absolute Gasteiger partial charge is 0.413 e. The van der Waals surface area contributed by atoms with Crippen LogP contribution >= 0.6 is 0 Å². The molecule has 0 fully saturated rings. The molecule has 126 valence electrons. The number of nitrogens with one attached hydrogen (secondary N) is 1. The van der Waals surface area contributed by atoms with Gasteiger partial charge in [0.25, 0.3) is 0 Å². The van der Waals surface area contributed by atoms with Gasteiger partial charge in [0.05, 0.1) is 11.1 Å². The molecule has 0 aliphatic rings. The van der Waals surface area contributed by atoms with Crippen LogP contribution in [0.25, 0.3) is 0 Å². The standard InChI is InChI=1S/C18H19FN2O3/c1-11-9-10-20-16(21-17(23)24-18(2,3)4)14(11)15(22)12-7-5-6-8-13(12)19/h5-10H,1-4H3,(H,20,21,23). The number of halogens is 1. The highest BCUT2D eigenvalue weighted by atomic mass is 19.1. The van der Waals surface area contributed by atoms with E-state index in [0.717, 1.165) is 0 Å². The van der Waals surface area contributed by atoms with Gasteiger partial charge in [-0.3, -0.25) is 10.1 Å². The molecule has 1 aromatic heterocycles. The van der Waals surface area contributed by atoms with Crippen molar-refractivity contribution in [1.29, 1.82) is 0 Å². The molecule has 1 amide bonds. The van der Waals surface area contributed by atoms with Crippen LogP contribution in [0.3, 0.4) is 0 Å². The fourth-order valence-electron chi connectivity index (χ4n) is 2.12. The Morgan fingerprint density at radius 2 is 1.83 bits per heavy atom. The van der Waals surface area contributed by atoms with Gasteiger partial charge in [0, 0.05) is 6.20 Å². The van der Waals surface area contributed by atoms with Crippen LogP contribution in [-0.4, -0.2) is 22.5 Å². The molecule has 0 unspecified atom stereocenters. The lowest BCUT2D eigenvalue weighted by Gasteiger charge is -2.20. The minimum atomic E-state index is -0.733. The number of hydrogen-bond donors (Lipinski definition) is 1. The summed E-state index contributed by atoms with van der Waals surface area (Å²) >= 11 is 0. The van der Waals surface area contributed by atoms with Gasteiger partial charge in [0.1, 0.15) is 17.2 Å². The van der Waals surface area contributed by atoms with Crippen molar-refractivity contribution in [3.63, 3.8) is 0 Å². The highest BCUT2D eigenvalue weighted by Gasteiger charge is 2.23. The minimum Gasteiger partial charge on any atom is -0.444 e. The molecule has 0 aliphatic carbocycles. The normalized spacial score (nSPS) is 11.0. The van der Waals surface area contributed by atoms with Gasteiger partial charge in [-0.25, -0.2) is 14.2 Å². The Morgan fingerprint density at radius 3 is 2.46 bits per heavy atom. The van der Waals surface area contributed by atoms with Crippen molar-refractivity contribution in [2.75, 3.05) is 5.32 Å². The molecule has 0 aliphatic heterocycles. The maximum Gasteiger partial charge on any atom is 0.413 e. The predicted octanol–water partition coefficient (Wildman–Crippen LogP) is 4.11. The van der Waals surface area contributed by atoms with Crippen LogP contribution in [0.4, 0.5) is 15.0 Å². The molecule has 2 aromatic rings. The van der Waals surface area contributed by atoms with E-state index in [1.54, 1.807) is 39.8 Å². The number of rotatable bonds is 3. The average molecular weight is 330 g/mol. The van der Waals surface area contributed by atoms with Crippen molar-refractivity contribution in [2.24, 2.45) is 0 Å². The molecular formula is C18H19FN2O3. The largest absolute Gasteiger partial charge is 0.444 e. The number of benzene rings is 1. The van der Waals surface area contributed by atoms with Crippen LogP contribution in [0.2, 0.25) is 0 Å². The summed E-state index contributed by atoms with van der Waals surface area (Å²) < 4.78 is 19.1. The van der Waals surface area contributed by atoms with Gasteiger partial charge in [0.2, 0.25) is 0 Å². The van der Waals surface area contributed by atoms with Crippen molar-refractivity contribution >= 4 is 17.7 Å². The van der Waals surface area contributed by atoms with E-state index in [1.165, 1.54) is 24.4 Å². The number of ether oxygens (including phenoxy) is 1. The summed E-state index contributed by atoms with van der Waals surface area (Å²) in [6, 6.07) is 7.29. The van der Waals surface area contributed by atoms with E-state index in [2.05, 4.69) is 10.3 Å². The number of nitrogens with zero attached hydrogens (tertiary/aromatic N) is 1. The number of anilines is 1. The Morgan fingerprint density at radius 1 is 1.17 bits per heavy atom. The Kier molecular flexibility index (Phi) is 4.97. The van der Waals surface area contributed by atoms with Crippen molar-refractivity contribution in [2.45, 2.75) is 33.3 Å². The maximum absolute atomic E-state index is 13.9. The second-order valence-corrected chi connectivity index (χ2v) is 6.29. The summed E-state index contributed by atoms with van der Waals surface area (Å²) in [6.45, 7) is 6.86. The molecule has 2 rings (SSSR count). The number of ketones is 1. The van der Waals surface area contributed by atoms with Crippen molar-refractivity contribution in [3.05, 3.63) is 59.0 Å². The van der Waals surface area contributed by atoms with Gasteiger partial charge >= 0.3 is 6.09 Å². The second kappa shape index (κ2) is 6.78. The van der Waals surface area contributed by atoms with Gasteiger partial charge < -0.3 is 4.74 Å². The first-order valence-corrected chi connectivity index (χ1v) is 7.44. The van der Waals surface area contributed by atoms with E-state index in [9.17, 15) is 14.0 Å². The number of carbonyl (C=O) groups is 2. The number of aromatic nitrogens is 1. The molecule has 1 N–H and O–H groups in total. The van der Waals surface area contributed by atoms with E-state index in [1.807, 2.05) is 0 Å². The van der Waals surface area contributed by atoms with Gasteiger partial charge in [0.15, 0.2) is 5.78 Å². The third-order valence-electron chi connectivity index (χ3n) is 3.12. The molecule has 6 heteroatoms. The number of amides is 1. The lowest BCUT2D eigenvalue weighted by Crippen LogP contribution is -2.28. The Balaban J connectivity index is 2.39. The molecule has 0 radical (unpaired) electrons. The van der Waals surface area contributed by atoms with Gasteiger partial charge in [-0.1, -0.05) is 12.1 Å². The zero-order chi connectivity index (χ0) is 17.9. The molecule has 1 heterocycles. The van der Waals surface area contributed by atoms with Crippen LogP contribution in [0, 0.1) is 12.7 Å². The summed E-state index contributed by atoms with van der Waals surface area (Å²) in [5.41, 5.74) is -0.0671. The van der Waals surface area contributed by atoms with Crippen molar-refractivity contribution in [1.82, 2.24) is 4.98 Å². The number of carbonyl (C=O) groups excluding carboxylic acids is 2. The first-order chi connectivity index (χ1) is 11.2. The maximum atomic E-state index is 13.9. The molecule has 1 aromatic carbocycles. The summed E-state index contributed by atoms with van der Waals surface area (Å²) in [6.07, 6.45) is 0.725. The van der Waals surface area contributed by atoms with E-state index in [-0.39, 0.29) is 16.9 Å². The minimum absolute atomic E-state index is 0.0394. The third kappa shape index (κ3) is 4.16. The summed E-state index contributed by atoms with van der Waals surface area (Å²) in [7, 11) is 0. The van der Waals surface area contributed by atoms with Gasteiger partial charge in [-0.15, -0.1) is 0 Å². The second-order valence-electron chi connectivity index (χ2n) is 6.29. The van der Waals surface area contributed by atoms with E-state index >= 15 is 0 Å². The quantitative estimate of drug-likeness (QED) is 0.860. The fraction of sp³-hybridized carbons (Fsp3) is 0.278. The fourth-order valence-corrected chi connectivity index (χ4v) is 2.12. The lowest BCUT2D eigenvalue weighted by atomic mass is 9.99. The van der Waals surface area contributed by atoms with Crippen LogP contribution in [0.5, 0.6) is 0 Å². The summed E-state index contributed by atoms with van der Waals surface area (Å²) in [5.74, 6) is -1.14. The van der Waals surface area contributed by atoms with Crippen LogP contribution in [0.1, 0.15) is 42.3 Å². The molecule has 0 saturated heterocycles. The third-order valence-corrected chi connectivity index (χ3v) is 3.12. The average Bonchev–Trinajstić information content (AvgIpc) is 2.45. The highest BCUT2D eigenvalue weighted by molar-refractivity contribution is 6.13. The summed E-state index contributed by atoms with van der Waals surface area (Å²) in [4.78, 5) is 28.7. The van der Waals surface area contributed by atoms with Gasteiger partial charge in [-0.2, -0.15) is 0 Å². The van der Waals surface area contributed by atoms with Gasteiger partial charge in [-0.05, 0) is 51.5 Å². The Labute approximate surface area is 139 Å². The topological polar surface area (TPSA) is 68.3 Å². The Hall–Kier alpha value is -2.76. The molecule has 0 bridgehead atoms. The van der Waals surface area contributed by atoms with Crippen molar-refractivity contribution in [3.8, 4) is 0 Å². The lowest BCUT2D eigenvalue weighted by molar-refractivity contribution is 0.0635. The number of hydrogen-bond acceptors (Lipinski definition) is 4. The SMILES string of the molecule is Cc1ccnc(NC(=O)OC(C)(C)C)c1C(=O)c1ccccc1F. The van der Waals surface area contributed by atoms with E-state index in [0.29, 0.717) is 5.56 Å².